The fourth-order valence-electron chi connectivity index (χ4n) is 2.95. The maximum atomic E-state index is 11.3. The molecule has 0 aliphatic carbocycles. The van der Waals surface area contributed by atoms with Gasteiger partial charge in [-0.2, -0.15) is 30.0 Å². The van der Waals surface area contributed by atoms with Crippen LogP contribution in [0, 0.1) is 0 Å². The topological polar surface area (TPSA) is 319 Å². The number of aliphatic carboxylic acids is 1. The Morgan fingerprint density at radius 1 is 1.03 bits per heavy atom. The van der Waals surface area contributed by atoms with Crippen molar-refractivity contribution in [1.29, 1.82) is 0 Å². The number of ether oxygens (including phenoxy) is 3. The van der Waals surface area contributed by atoms with Crippen LogP contribution in [-0.2, 0) is 58.5 Å². The molecule has 35 heavy (non-hydrogen) atoms. The third-order valence-corrected chi connectivity index (χ3v) is 5.71. The molecule has 0 saturated carbocycles. The lowest BCUT2D eigenvalue weighted by molar-refractivity contribution is -0.307. The van der Waals surface area contributed by atoms with Gasteiger partial charge in [-0.25, -0.2) is 13.2 Å². The Bertz CT molecular complexity index is 1130. The van der Waals surface area contributed by atoms with Crippen molar-refractivity contribution in [1.82, 2.24) is 4.72 Å². The van der Waals surface area contributed by atoms with E-state index in [4.69, 9.17) is 33.0 Å². The molecule has 1 fully saturated rings. The van der Waals surface area contributed by atoms with E-state index in [1.807, 2.05) is 0 Å². The summed E-state index contributed by atoms with van der Waals surface area (Å²) in [7, 11) is -15.7. The highest BCUT2D eigenvalue weighted by Crippen LogP contribution is 2.30. The quantitative estimate of drug-likeness (QED) is 0.113. The van der Waals surface area contributed by atoms with Gasteiger partial charge < -0.3 is 34.6 Å². The third-order valence-electron chi connectivity index (χ3n) is 4.26. The molecule has 2 rings (SSSR count). The molecule has 204 valence electrons. The predicted octanol–water partition coefficient (Wildman–Crippen LogP) is -4.53. The van der Waals surface area contributed by atoms with Crippen molar-refractivity contribution < 1.29 is 86.7 Å². The molecule has 0 aromatic carbocycles. The molecule has 8 N–H and O–H groups in total. The van der Waals surface area contributed by atoms with Gasteiger partial charge >= 0.3 is 37.1 Å². The van der Waals surface area contributed by atoms with E-state index in [0.29, 0.717) is 6.08 Å². The molecular weight excluding hydrogens is 558 g/mol. The zero-order valence-corrected chi connectivity index (χ0v) is 19.1. The standard InChI is InChI=1S/C12H19NO19S3/c14-3-1-4(10(16)17)30-12(8(3)32-35(25,26)27)31-9-5(2-28-34(22,23)24)29-11(18)6(7(9)15)13-33(19,20)21/h1,4-9,11-15,18H,2H2,(H,16,17)(H,19,20,21)(H,22,23,24)(H,25,26,27)/t4-,5+,6+,7+,8+,9+,11?,12-/m0/s1. The minimum Gasteiger partial charge on any atom is -0.509 e. The van der Waals surface area contributed by atoms with Crippen molar-refractivity contribution in [2.75, 3.05) is 6.61 Å². The first kappa shape index (κ1) is 29.6. The molecule has 0 aromatic rings. The Hall–Kier alpha value is -1.58. The van der Waals surface area contributed by atoms with Crippen molar-refractivity contribution in [3.05, 3.63) is 11.8 Å². The number of rotatable bonds is 10. The number of hydrogen-bond acceptors (Lipinski definition) is 15. The zero-order chi connectivity index (χ0) is 26.9. The number of aliphatic hydroxyl groups excluding tert-OH is 3. The molecule has 1 saturated heterocycles. The smallest absolute Gasteiger partial charge is 0.398 e. The molecule has 0 bridgehead atoms. The minimum atomic E-state index is -5.37. The molecule has 0 spiro atoms. The van der Waals surface area contributed by atoms with E-state index in [2.05, 4.69) is 8.37 Å². The summed E-state index contributed by atoms with van der Waals surface area (Å²) in [6, 6.07) is -2.15. The number of carboxylic acid groups (broad SMARTS) is 1. The average molecular weight is 577 g/mol. The summed E-state index contributed by atoms with van der Waals surface area (Å²) in [5.41, 5.74) is 0. The molecule has 2 aliphatic heterocycles. The fourth-order valence-corrected chi connectivity index (χ4v) is 4.30. The molecule has 20 nitrogen and oxygen atoms in total. The van der Waals surface area contributed by atoms with Gasteiger partial charge in [0.2, 0.25) is 0 Å². The van der Waals surface area contributed by atoms with Crippen molar-refractivity contribution in [3.8, 4) is 0 Å². The number of nitrogens with one attached hydrogen (secondary N) is 1. The predicted molar refractivity (Wildman–Crippen MR) is 101 cm³/mol. The summed E-state index contributed by atoms with van der Waals surface area (Å²) in [6.07, 6.45) is -15.1. The van der Waals surface area contributed by atoms with Crippen LogP contribution in [0.1, 0.15) is 0 Å². The van der Waals surface area contributed by atoms with Gasteiger partial charge in [-0.3, -0.25) is 13.7 Å². The zero-order valence-electron chi connectivity index (χ0n) is 16.7. The van der Waals surface area contributed by atoms with Crippen LogP contribution < -0.4 is 4.72 Å². The molecule has 0 aromatic heterocycles. The average Bonchev–Trinajstić information content (AvgIpc) is 2.65. The Morgan fingerprint density at radius 2 is 1.63 bits per heavy atom. The van der Waals surface area contributed by atoms with E-state index < -0.39 is 98.6 Å². The van der Waals surface area contributed by atoms with Crippen molar-refractivity contribution in [2.45, 2.75) is 49.1 Å². The molecule has 0 amide bonds. The van der Waals surface area contributed by atoms with Gasteiger partial charge in [-0.05, 0) is 6.08 Å². The van der Waals surface area contributed by atoms with Crippen LogP contribution in [0.25, 0.3) is 0 Å². The summed E-state index contributed by atoms with van der Waals surface area (Å²) >= 11 is 0. The number of hydrogen-bond donors (Lipinski definition) is 8. The number of carboxylic acids is 1. The maximum Gasteiger partial charge on any atom is 0.398 e. The third kappa shape index (κ3) is 8.79. The first-order valence-electron chi connectivity index (χ1n) is 8.75. The van der Waals surface area contributed by atoms with Crippen LogP contribution in [0.4, 0.5) is 0 Å². The second-order valence-electron chi connectivity index (χ2n) is 6.79. The Labute approximate surface area is 196 Å². The van der Waals surface area contributed by atoms with E-state index in [1.165, 1.54) is 4.72 Å². The molecule has 2 aliphatic rings. The molecule has 23 heteroatoms. The summed E-state index contributed by atoms with van der Waals surface area (Å²) in [5.74, 6) is -2.93. The summed E-state index contributed by atoms with van der Waals surface area (Å²) in [4.78, 5) is 11.3. The molecular formula is C12H19NO19S3. The largest absolute Gasteiger partial charge is 0.509 e. The summed E-state index contributed by atoms with van der Waals surface area (Å²) < 4.78 is 117. The maximum absolute atomic E-state index is 11.3. The van der Waals surface area contributed by atoms with Gasteiger partial charge in [0.25, 0.3) is 0 Å². The van der Waals surface area contributed by atoms with E-state index in [-0.39, 0.29) is 0 Å². The van der Waals surface area contributed by atoms with E-state index in [0.717, 1.165) is 0 Å². The Kier molecular flexibility index (Phi) is 9.15. The molecule has 8 atom stereocenters. The van der Waals surface area contributed by atoms with Crippen LogP contribution in [0.2, 0.25) is 0 Å². The van der Waals surface area contributed by atoms with Crippen LogP contribution in [0.15, 0.2) is 11.8 Å². The fraction of sp³-hybridized carbons (Fsp3) is 0.750. The first-order valence-corrected chi connectivity index (χ1v) is 12.9. The van der Waals surface area contributed by atoms with E-state index in [1.54, 1.807) is 0 Å². The van der Waals surface area contributed by atoms with Crippen LogP contribution in [0.5, 0.6) is 0 Å². The summed E-state index contributed by atoms with van der Waals surface area (Å²) in [5, 5.41) is 39.6. The second kappa shape index (κ2) is 10.8. The van der Waals surface area contributed by atoms with Gasteiger partial charge in [0.05, 0.1) is 6.61 Å². The van der Waals surface area contributed by atoms with Crippen LogP contribution in [0.3, 0.4) is 0 Å². The van der Waals surface area contributed by atoms with Crippen molar-refractivity contribution in [3.63, 3.8) is 0 Å². The van der Waals surface area contributed by atoms with Crippen LogP contribution >= 0.6 is 0 Å². The molecule has 1 unspecified atom stereocenters. The van der Waals surface area contributed by atoms with Gasteiger partial charge in [0.1, 0.15) is 30.1 Å². The van der Waals surface area contributed by atoms with Gasteiger partial charge in [0.15, 0.2) is 24.8 Å². The highest BCUT2D eigenvalue weighted by atomic mass is 32.3. The van der Waals surface area contributed by atoms with Crippen LogP contribution in [-0.4, -0.2) is 121 Å². The van der Waals surface area contributed by atoms with E-state index >= 15 is 0 Å². The molecule has 0 radical (unpaired) electrons. The van der Waals surface area contributed by atoms with E-state index in [9.17, 15) is 45.4 Å². The van der Waals surface area contributed by atoms with Gasteiger partial charge in [-0.1, -0.05) is 0 Å². The van der Waals surface area contributed by atoms with Crippen molar-refractivity contribution >= 4 is 37.1 Å². The second-order valence-corrected chi connectivity index (χ2v) is 10.1. The highest BCUT2D eigenvalue weighted by molar-refractivity contribution is 7.83. The van der Waals surface area contributed by atoms with Gasteiger partial charge in [0, 0.05) is 0 Å². The molecule has 2 heterocycles. The lowest BCUT2D eigenvalue weighted by Crippen LogP contribution is -2.66. The highest BCUT2D eigenvalue weighted by Gasteiger charge is 2.51. The number of carbonyl (C=O) groups is 1. The van der Waals surface area contributed by atoms with Crippen molar-refractivity contribution in [2.24, 2.45) is 0 Å². The lowest BCUT2D eigenvalue weighted by atomic mass is 9.97. The first-order chi connectivity index (χ1) is 15.8. The SMILES string of the molecule is O=C(O)[C@@H]1C=C(O)[C@@H](OS(=O)(=O)O)[C@H](O[C@H]2[C@H](O)[C@@H](NS(=O)(=O)O)C(O)O[C@@H]2COS(=O)(=O)O)O1. The Morgan fingerprint density at radius 3 is 2.11 bits per heavy atom. The Balaban J connectivity index is 2.44. The van der Waals surface area contributed by atoms with Gasteiger partial charge in [-0.15, -0.1) is 0 Å². The number of aliphatic hydroxyl groups is 3. The normalized spacial score (nSPS) is 34.8. The lowest BCUT2D eigenvalue weighted by Gasteiger charge is -2.44. The summed E-state index contributed by atoms with van der Waals surface area (Å²) in [6.45, 7) is -1.25. The monoisotopic (exact) mass is 577 g/mol. The minimum absolute atomic E-state index is 0.442.